The maximum absolute atomic E-state index is 12.2. The summed E-state index contributed by atoms with van der Waals surface area (Å²) in [5.74, 6) is -0.229. The van der Waals surface area contributed by atoms with E-state index in [0.717, 1.165) is 16.5 Å². The predicted octanol–water partition coefficient (Wildman–Crippen LogP) is 3.33. The molecule has 2 aromatic carbocycles. The molecule has 22 heavy (non-hydrogen) atoms. The van der Waals surface area contributed by atoms with Gasteiger partial charge in [-0.05, 0) is 36.2 Å². The molecular weight excluding hydrogens is 298 g/mol. The van der Waals surface area contributed by atoms with E-state index in [4.69, 9.17) is 17.3 Å². The molecule has 0 radical (unpaired) electrons. The molecule has 3 rings (SSSR count). The number of nitrogens with two attached hydrogens (primary N) is 1. The molecule has 1 heterocycles. The van der Waals surface area contributed by atoms with E-state index in [1.54, 1.807) is 24.3 Å². The number of nitrogens with one attached hydrogen (secondary N) is 2. The van der Waals surface area contributed by atoms with Crippen LogP contribution in [-0.4, -0.2) is 16.9 Å². The highest BCUT2D eigenvalue weighted by Crippen LogP contribution is 2.19. The van der Waals surface area contributed by atoms with Crippen molar-refractivity contribution in [3.8, 4) is 0 Å². The van der Waals surface area contributed by atoms with Gasteiger partial charge in [0, 0.05) is 27.8 Å². The fraction of sp³-hybridized carbons (Fsp3) is 0.118. The SMILES string of the molecule is NC(Cc1c[nH]c2ccccc12)C(=O)Nc1cccc(Cl)c1. The van der Waals surface area contributed by atoms with Crippen molar-refractivity contribution in [1.82, 2.24) is 4.98 Å². The third-order valence-corrected chi connectivity index (χ3v) is 3.78. The first-order chi connectivity index (χ1) is 10.6. The standard InChI is InChI=1S/C17H16ClN3O/c18-12-4-3-5-13(9-12)21-17(22)15(19)8-11-10-20-16-7-2-1-6-14(11)16/h1-7,9-10,15,20H,8,19H2,(H,21,22). The molecule has 4 nitrogen and oxygen atoms in total. The molecule has 1 atom stereocenters. The first-order valence-corrected chi connectivity index (χ1v) is 7.38. The van der Waals surface area contributed by atoms with Crippen molar-refractivity contribution < 1.29 is 4.79 Å². The Hall–Kier alpha value is -2.30. The minimum atomic E-state index is -0.627. The van der Waals surface area contributed by atoms with E-state index < -0.39 is 6.04 Å². The largest absolute Gasteiger partial charge is 0.361 e. The average molecular weight is 314 g/mol. The van der Waals surface area contributed by atoms with Gasteiger partial charge in [0.1, 0.15) is 0 Å². The molecular formula is C17H16ClN3O. The third kappa shape index (κ3) is 3.13. The number of carbonyl (C=O) groups is 1. The summed E-state index contributed by atoms with van der Waals surface area (Å²) in [4.78, 5) is 15.4. The summed E-state index contributed by atoms with van der Waals surface area (Å²) in [6.07, 6.45) is 2.37. The lowest BCUT2D eigenvalue weighted by Crippen LogP contribution is -2.37. The number of benzene rings is 2. The quantitative estimate of drug-likeness (QED) is 0.691. The first-order valence-electron chi connectivity index (χ1n) is 7.00. The normalized spacial score (nSPS) is 12.3. The van der Waals surface area contributed by atoms with Crippen molar-refractivity contribution in [2.75, 3.05) is 5.32 Å². The van der Waals surface area contributed by atoms with Crippen LogP contribution in [0.2, 0.25) is 5.02 Å². The number of aromatic nitrogens is 1. The van der Waals surface area contributed by atoms with Gasteiger partial charge in [0.2, 0.25) is 5.91 Å². The number of hydrogen-bond acceptors (Lipinski definition) is 2. The summed E-state index contributed by atoms with van der Waals surface area (Å²) in [5.41, 5.74) is 8.75. The molecule has 112 valence electrons. The summed E-state index contributed by atoms with van der Waals surface area (Å²) >= 11 is 5.90. The van der Waals surface area contributed by atoms with Gasteiger partial charge in [0.05, 0.1) is 6.04 Å². The van der Waals surface area contributed by atoms with Crippen LogP contribution >= 0.6 is 11.6 Å². The zero-order valence-corrected chi connectivity index (χ0v) is 12.6. The molecule has 3 aromatic rings. The molecule has 0 aliphatic rings. The summed E-state index contributed by atoms with van der Waals surface area (Å²) < 4.78 is 0. The Kier molecular flexibility index (Phi) is 4.13. The van der Waals surface area contributed by atoms with E-state index in [0.29, 0.717) is 17.1 Å². The average Bonchev–Trinajstić information content (AvgIpc) is 2.90. The van der Waals surface area contributed by atoms with Crippen molar-refractivity contribution in [1.29, 1.82) is 0 Å². The van der Waals surface area contributed by atoms with Crippen LogP contribution in [0.15, 0.2) is 54.7 Å². The number of H-pyrrole nitrogens is 1. The minimum absolute atomic E-state index is 0.229. The zero-order valence-electron chi connectivity index (χ0n) is 11.8. The molecule has 1 aromatic heterocycles. The number of fused-ring (bicyclic) bond motifs is 1. The molecule has 0 aliphatic carbocycles. The van der Waals surface area contributed by atoms with Crippen LogP contribution in [0, 0.1) is 0 Å². The molecule has 0 saturated heterocycles. The topological polar surface area (TPSA) is 70.9 Å². The van der Waals surface area contributed by atoms with Gasteiger partial charge in [0.25, 0.3) is 0 Å². The van der Waals surface area contributed by atoms with Crippen molar-refractivity contribution in [2.24, 2.45) is 5.73 Å². The number of halogens is 1. The van der Waals surface area contributed by atoms with Gasteiger partial charge in [0.15, 0.2) is 0 Å². The van der Waals surface area contributed by atoms with Crippen molar-refractivity contribution in [3.05, 3.63) is 65.3 Å². The summed E-state index contributed by atoms with van der Waals surface area (Å²) in [6.45, 7) is 0. The maximum atomic E-state index is 12.2. The second kappa shape index (κ2) is 6.22. The molecule has 4 N–H and O–H groups in total. The predicted molar refractivity (Wildman–Crippen MR) is 90.1 cm³/mol. The Balaban J connectivity index is 1.71. The minimum Gasteiger partial charge on any atom is -0.361 e. The Morgan fingerprint density at radius 2 is 2.05 bits per heavy atom. The second-order valence-corrected chi connectivity index (χ2v) is 5.61. The van der Waals surface area contributed by atoms with Crippen LogP contribution in [0.1, 0.15) is 5.56 Å². The van der Waals surface area contributed by atoms with E-state index >= 15 is 0 Å². The van der Waals surface area contributed by atoms with Crippen molar-refractivity contribution >= 4 is 34.1 Å². The van der Waals surface area contributed by atoms with Gasteiger partial charge in [-0.15, -0.1) is 0 Å². The molecule has 1 amide bonds. The highest BCUT2D eigenvalue weighted by Gasteiger charge is 2.16. The third-order valence-electron chi connectivity index (χ3n) is 3.54. The Labute approximate surface area is 133 Å². The van der Waals surface area contributed by atoms with Crippen LogP contribution in [0.5, 0.6) is 0 Å². The Bertz CT molecular complexity index is 812. The second-order valence-electron chi connectivity index (χ2n) is 5.17. The monoisotopic (exact) mass is 313 g/mol. The smallest absolute Gasteiger partial charge is 0.241 e. The molecule has 0 aliphatic heterocycles. The van der Waals surface area contributed by atoms with Crippen LogP contribution < -0.4 is 11.1 Å². The van der Waals surface area contributed by atoms with Crippen LogP contribution in [0.25, 0.3) is 10.9 Å². The molecule has 5 heteroatoms. The lowest BCUT2D eigenvalue weighted by atomic mass is 10.0. The molecule has 0 bridgehead atoms. The van der Waals surface area contributed by atoms with Gasteiger partial charge in [-0.2, -0.15) is 0 Å². The number of anilines is 1. The Morgan fingerprint density at radius 1 is 1.23 bits per heavy atom. The number of amides is 1. The van der Waals surface area contributed by atoms with E-state index in [-0.39, 0.29) is 5.91 Å². The summed E-state index contributed by atoms with van der Waals surface area (Å²) in [7, 11) is 0. The lowest BCUT2D eigenvalue weighted by molar-refractivity contribution is -0.117. The van der Waals surface area contributed by atoms with E-state index in [2.05, 4.69) is 10.3 Å². The maximum Gasteiger partial charge on any atom is 0.241 e. The van der Waals surface area contributed by atoms with E-state index in [9.17, 15) is 4.79 Å². The van der Waals surface area contributed by atoms with Crippen LogP contribution in [0.3, 0.4) is 0 Å². The highest BCUT2D eigenvalue weighted by atomic mass is 35.5. The first kappa shape index (κ1) is 14.6. The van der Waals surface area contributed by atoms with E-state index in [1.165, 1.54) is 0 Å². The molecule has 0 saturated carbocycles. The summed E-state index contributed by atoms with van der Waals surface area (Å²) in [6, 6.07) is 14.3. The zero-order chi connectivity index (χ0) is 15.5. The van der Waals surface area contributed by atoms with Gasteiger partial charge < -0.3 is 16.0 Å². The number of rotatable bonds is 4. The Morgan fingerprint density at radius 3 is 2.86 bits per heavy atom. The van der Waals surface area contributed by atoms with Gasteiger partial charge in [-0.25, -0.2) is 0 Å². The van der Waals surface area contributed by atoms with Crippen LogP contribution in [-0.2, 0) is 11.2 Å². The molecule has 0 fully saturated rings. The van der Waals surface area contributed by atoms with Gasteiger partial charge in [-0.3, -0.25) is 4.79 Å². The van der Waals surface area contributed by atoms with Gasteiger partial charge in [-0.1, -0.05) is 35.9 Å². The molecule has 0 spiro atoms. The van der Waals surface area contributed by atoms with E-state index in [1.807, 2.05) is 30.5 Å². The van der Waals surface area contributed by atoms with Gasteiger partial charge >= 0.3 is 0 Å². The lowest BCUT2D eigenvalue weighted by Gasteiger charge is -2.12. The van der Waals surface area contributed by atoms with Crippen LogP contribution in [0.4, 0.5) is 5.69 Å². The number of aromatic amines is 1. The fourth-order valence-electron chi connectivity index (χ4n) is 2.43. The highest BCUT2D eigenvalue weighted by molar-refractivity contribution is 6.30. The molecule has 1 unspecified atom stereocenters. The van der Waals surface area contributed by atoms with Crippen molar-refractivity contribution in [2.45, 2.75) is 12.5 Å². The summed E-state index contributed by atoms with van der Waals surface area (Å²) in [5, 5.41) is 4.45. The fourth-order valence-corrected chi connectivity index (χ4v) is 2.62. The number of hydrogen-bond donors (Lipinski definition) is 3. The number of carbonyl (C=O) groups excluding carboxylic acids is 1. The number of para-hydroxylation sites is 1. The van der Waals surface area contributed by atoms with Crippen molar-refractivity contribution in [3.63, 3.8) is 0 Å².